The van der Waals surface area contributed by atoms with Gasteiger partial charge < -0.3 is 9.72 Å². The molecule has 2 aromatic heterocycles. The molecular weight excluding hydrogens is 258 g/mol. The number of aryl methyl sites for hydroxylation is 4. The average molecular weight is 279 g/mol. The summed E-state index contributed by atoms with van der Waals surface area (Å²) in [6, 6.07) is 10.5. The number of nitrogens with zero attached hydrogens (tertiary/aromatic N) is 2. The third kappa shape index (κ3) is 2.51. The van der Waals surface area contributed by atoms with Crippen molar-refractivity contribution in [1.29, 1.82) is 0 Å². The molecule has 0 bridgehead atoms. The van der Waals surface area contributed by atoms with E-state index in [9.17, 15) is 0 Å². The number of anilines is 1. The first-order chi connectivity index (χ1) is 10.1. The highest BCUT2D eigenvalue weighted by Gasteiger charge is 2.09. The molecule has 2 heterocycles. The Morgan fingerprint density at radius 2 is 1.76 bits per heavy atom. The summed E-state index contributed by atoms with van der Waals surface area (Å²) in [6.45, 7) is 9.30. The highest BCUT2D eigenvalue weighted by atomic mass is 15.0. The van der Waals surface area contributed by atoms with Crippen LogP contribution >= 0.6 is 0 Å². The Labute approximate surface area is 125 Å². The van der Waals surface area contributed by atoms with E-state index < -0.39 is 0 Å². The van der Waals surface area contributed by atoms with Crippen LogP contribution in [0.2, 0.25) is 0 Å². The Bertz CT molecular complexity index is 776. The molecule has 0 aliphatic rings. The predicted molar refractivity (Wildman–Crippen MR) is 87.9 cm³/mol. The largest absolute Gasteiger partial charge is 0.379 e. The van der Waals surface area contributed by atoms with Gasteiger partial charge in [-0.25, -0.2) is 4.98 Å². The molecule has 0 fully saturated rings. The molecule has 0 spiro atoms. The lowest BCUT2D eigenvalue weighted by atomic mass is 10.1. The van der Waals surface area contributed by atoms with Crippen molar-refractivity contribution < 1.29 is 0 Å². The van der Waals surface area contributed by atoms with Crippen LogP contribution in [-0.2, 0) is 6.54 Å². The van der Waals surface area contributed by atoms with Crippen LogP contribution in [0.25, 0.3) is 5.65 Å². The summed E-state index contributed by atoms with van der Waals surface area (Å²) in [6.07, 6.45) is 2.07. The molecule has 0 radical (unpaired) electrons. The van der Waals surface area contributed by atoms with Crippen LogP contribution in [0.15, 0.2) is 36.5 Å². The maximum Gasteiger partial charge on any atom is 0.137 e. The molecule has 3 heteroatoms. The normalized spacial score (nSPS) is 11.0. The number of pyridine rings is 1. The van der Waals surface area contributed by atoms with Gasteiger partial charge in [0, 0.05) is 11.9 Å². The van der Waals surface area contributed by atoms with Gasteiger partial charge >= 0.3 is 0 Å². The van der Waals surface area contributed by atoms with Crippen LogP contribution in [0.3, 0.4) is 0 Å². The minimum Gasteiger partial charge on any atom is -0.379 e. The lowest BCUT2D eigenvalue weighted by Crippen LogP contribution is -2.06. The van der Waals surface area contributed by atoms with Gasteiger partial charge in [0.25, 0.3) is 0 Å². The van der Waals surface area contributed by atoms with Crippen molar-refractivity contribution in [3.05, 3.63) is 64.6 Å². The average Bonchev–Trinajstić information content (AvgIpc) is 2.73. The number of nitrogens with one attached hydrogen (secondary N) is 1. The molecule has 0 unspecified atom stereocenters. The summed E-state index contributed by atoms with van der Waals surface area (Å²) in [5, 5.41) is 3.58. The SMILES string of the molecule is Cc1cc(C)c(NCc2c(C)nc3ccccn23)c(C)c1. The molecule has 21 heavy (non-hydrogen) atoms. The van der Waals surface area contributed by atoms with Gasteiger partial charge in [0.05, 0.1) is 17.9 Å². The highest BCUT2D eigenvalue weighted by Crippen LogP contribution is 2.23. The van der Waals surface area contributed by atoms with Crippen molar-refractivity contribution in [2.75, 3.05) is 5.32 Å². The van der Waals surface area contributed by atoms with Crippen molar-refractivity contribution in [3.8, 4) is 0 Å². The first-order valence-corrected chi connectivity index (χ1v) is 7.30. The van der Waals surface area contributed by atoms with Crippen molar-refractivity contribution in [2.24, 2.45) is 0 Å². The van der Waals surface area contributed by atoms with E-state index in [1.807, 2.05) is 18.2 Å². The monoisotopic (exact) mass is 279 g/mol. The summed E-state index contributed by atoms with van der Waals surface area (Å²) >= 11 is 0. The van der Waals surface area contributed by atoms with Gasteiger partial charge in [-0.1, -0.05) is 23.8 Å². The minimum atomic E-state index is 0.780. The summed E-state index contributed by atoms with van der Waals surface area (Å²) in [5.41, 5.74) is 8.41. The second-order valence-electron chi connectivity index (χ2n) is 5.70. The summed E-state index contributed by atoms with van der Waals surface area (Å²) < 4.78 is 2.15. The Morgan fingerprint density at radius 3 is 2.48 bits per heavy atom. The summed E-state index contributed by atoms with van der Waals surface area (Å²) in [7, 11) is 0. The number of rotatable bonds is 3. The number of hydrogen-bond donors (Lipinski definition) is 1. The molecule has 3 nitrogen and oxygen atoms in total. The zero-order chi connectivity index (χ0) is 15.0. The molecule has 1 N–H and O–H groups in total. The smallest absolute Gasteiger partial charge is 0.137 e. The van der Waals surface area contributed by atoms with Crippen molar-refractivity contribution in [2.45, 2.75) is 34.2 Å². The van der Waals surface area contributed by atoms with Crippen LogP contribution in [-0.4, -0.2) is 9.38 Å². The molecular formula is C18H21N3. The van der Waals surface area contributed by atoms with Gasteiger partial charge in [0.15, 0.2) is 0 Å². The van der Waals surface area contributed by atoms with Crippen molar-refractivity contribution in [1.82, 2.24) is 9.38 Å². The molecule has 0 saturated carbocycles. The van der Waals surface area contributed by atoms with Crippen LogP contribution in [0, 0.1) is 27.7 Å². The topological polar surface area (TPSA) is 29.3 Å². The molecule has 0 amide bonds. The quantitative estimate of drug-likeness (QED) is 0.779. The fraction of sp³-hybridized carbons (Fsp3) is 0.278. The fourth-order valence-corrected chi connectivity index (χ4v) is 3.01. The van der Waals surface area contributed by atoms with Crippen LogP contribution < -0.4 is 5.32 Å². The number of fused-ring (bicyclic) bond motifs is 1. The van der Waals surface area contributed by atoms with Crippen LogP contribution in [0.1, 0.15) is 28.1 Å². The van der Waals surface area contributed by atoms with E-state index in [1.165, 1.54) is 28.1 Å². The van der Waals surface area contributed by atoms with E-state index in [1.54, 1.807) is 0 Å². The predicted octanol–water partition coefficient (Wildman–Crippen LogP) is 4.18. The Kier molecular flexibility index (Phi) is 3.42. The van der Waals surface area contributed by atoms with Gasteiger partial charge in [0.2, 0.25) is 0 Å². The standard InChI is InChI=1S/C18H21N3/c1-12-9-13(2)18(14(3)10-12)19-11-16-15(4)20-17-7-5-6-8-21(16)17/h5-10,19H,11H2,1-4H3. The lowest BCUT2D eigenvalue weighted by Gasteiger charge is -2.14. The number of benzene rings is 1. The Morgan fingerprint density at radius 1 is 1.05 bits per heavy atom. The molecule has 1 aromatic carbocycles. The third-order valence-electron chi connectivity index (χ3n) is 3.94. The molecule has 0 aliphatic heterocycles. The van der Waals surface area contributed by atoms with Gasteiger partial charge in [-0.15, -0.1) is 0 Å². The number of aromatic nitrogens is 2. The zero-order valence-electron chi connectivity index (χ0n) is 13.1. The molecule has 0 saturated heterocycles. The summed E-state index contributed by atoms with van der Waals surface area (Å²) in [5.74, 6) is 0. The van der Waals surface area contributed by atoms with E-state index in [0.29, 0.717) is 0 Å². The van der Waals surface area contributed by atoms with E-state index in [2.05, 4.69) is 60.7 Å². The third-order valence-corrected chi connectivity index (χ3v) is 3.94. The molecule has 0 atom stereocenters. The highest BCUT2D eigenvalue weighted by molar-refractivity contribution is 5.58. The van der Waals surface area contributed by atoms with E-state index >= 15 is 0 Å². The summed E-state index contributed by atoms with van der Waals surface area (Å²) in [4.78, 5) is 4.61. The number of hydrogen-bond acceptors (Lipinski definition) is 2. The first kappa shape index (κ1) is 13.7. The van der Waals surface area contributed by atoms with E-state index in [0.717, 1.165) is 17.9 Å². The minimum absolute atomic E-state index is 0.780. The van der Waals surface area contributed by atoms with Crippen molar-refractivity contribution >= 4 is 11.3 Å². The van der Waals surface area contributed by atoms with Gasteiger partial charge in [-0.3, -0.25) is 0 Å². The Balaban J connectivity index is 1.92. The second-order valence-corrected chi connectivity index (χ2v) is 5.70. The van der Waals surface area contributed by atoms with Crippen LogP contribution in [0.4, 0.5) is 5.69 Å². The van der Waals surface area contributed by atoms with E-state index in [-0.39, 0.29) is 0 Å². The maximum atomic E-state index is 4.61. The lowest BCUT2D eigenvalue weighted by molar-refractivity contribution is 0.982. The molecule has 0 aliphatic carbocycles. The fourth-order valence-electron chi connectivity index (χ4n) is 3.01. The zero-order valence-corrected chi connectivity index (χ0v) is 13.1. The number of imidazole rings is 1. The first-order valence-electron chi connectivity index (χ1n) is 7.30. The van der Waals surface area contributed by atoms with Gasteiger partial charge in [0.1, 0.15) is 5.65 Å². The molecule has 108 valence electrons. The second kappa shape index (κ2) is 5.24. The van der Waals surface area contributed by atoms with Crippen LogP contribution in [0.5, 0.6) is 0 Å². The van der Waals surface area contributed by atoms with Crippen molar-refractivity contribution in [3.63, 3.8) is 0 Å². The van der Waals surface area contributed by atoms with E-state index in [4.69, 9.17) is 0 Å². The van der Waals surface area contributed by atoms with Gasteiger partial charge in [-0.05, 0) is 51.0 Å². The Hall–Kier alpha value is -2.29. The maximum absolute atomic E-state index is 4.61. The molecule has 3 aromatic rings. The van der Waals surface area contributed by atoms with Gasteiger partial charge in [-0.2, -0.15) is 0 Å². The molecule has 3 rings (SSSR count).